The molecule has 3 N–H and O–H groups in total. The highest BCUT2D eigenvalue weighted by Gasteiger charge is 2.27. The lowest BCUT2D eigenvalue weighted by atomic mass is 10.2. The van der Waals surface area contributed by atoms with Gasteiger partial charge in [-0.1, -0.05) is 55.4 Å². The Morgan fingerprint density at radius 1 is 1.06 bits per heavy atom. The van der Waals surface area contributed by atoms with Gasteiger partial charge >= 0.3 is 0 Å². The Morgan fingerprint density at radius 2 is 1.75 bits per heavy atom. The first-order valence-corrected chi connectivity index (χ1v) is 14.6. The highest BCUT2D eigenvalue weighted by atomic mass is 32.2. The van der Waals surface area contributed by atoms with E-state index in [1.165, 1.54) is 21.6 Å². The highest BCUT2D eigenvalue weighted by molar-refractivity contribution is 7.99. The highest BCUT2D eigenvalue weighted by Crippen LogP contribution is 2.27. The second kappa shape index (κ2) is 11.9. The van der Waals surface area contributed by atoms with Crippen molar-refractivity contribution in [2.24, 2.45) is 0 Å². The second-order valence-corrected chi connectivity index (χ2v) is 11.7. The Bertz CT molecular complexity index is 1260. The van der Waals surface area contributed by atoms with Crippen LogP contribution >= 0.6 is 11.8 Å². The fourth-order valence-corrected chi connectivity index (χ4v) is 6.76. The van der Waals surface area contributed by atoms with E-state index in [9.17, 15) is 13.2 Å². The minimum atomic E-state index is -3.52. The summed E-state index contributed by atoms with van der Waals surface area (Å²) >= 11 is 1.51. The fraction of sp³-hybridized carbons (Fsp3) is 0.400. The van der Waals surface area contributed by atoms with Crippen molar-refractivity contribution >= 4 is 39.3 Å². The molecule has 1 aliphatic rings. The van der Waals surface area contributed by atoms with E-state index in [-0.39, 0.29) is 16.8 Å². The van der Waals surface area contributed by atoms with Crippen LogP contribution in [0.25, 0.3) is 0 Å². The smallest absolute Gasteiger partial charge is 0.247 e. The third-order valence-electron chi connectivity index (χ3n) is 6.23. The molecule has 11 heteroatoms. The number of nitrogens with one attached hydrogen (secondary N) is 1. The van der Waals surface area contributed by atoms with Crippen molar-refractivity contribution in [3.8, 4) is 0 Å². The third-order valence-corrected chi connectivity index (χ3v) is 9.09. The second-order valence-electron chi connectivity index (χ2n) is 8.70. The van der Waals surface area contributed by atoms with E-state index in [0.29, 0.717) is 30.4 Å². The standard InChI is InChI=1S/C25H32N6O3S2/c1-2-22(31-24(26)28-29-25(31)35-18-15-19-9-5-3-6-10-19)23(32)27-20-11-13-21(14-12-20)36(33,34)30-16-7-4-8-17-30/h3,5-6,9-14,22H,2,4,7-8,15-18H2,1H3,(H2,26,28)(H,27,32). The molecule has 1 saturated heterocycles. The lowest BCUT2D eigenvalue weighted by Crippen LogP contribution is -2.35. The van der Waals surface area contributed by atoms with Crippen LogP contribution in [-0.2, 0) is 21.2 Å². The number of anilines is 2. The first-order chi connectivity index (χ1) is 17.4. The van der Waals surface area contributed by atoms with Crippen LogP contribution in [0.5, 0.6) is 0 Å². The van der Waals surface area contributed by atoms with Gasteiger partial charge in [-0.2, -0.15) is 4.31 Å². The van der Waals surface area contributed by atoms with Crippen molar-refractivity contribution in [2.45, 2.75) is 55.1 Å². The molecule has 1 atom stereocenters. The van der Waals surface area contributed by atoms with Gasteiger partial charge < -0.3 is 11.1 Å². The number of hydrogen-bond donors (Lipinski definition) is 2. The molecule has 36 heavy (non-hydrogen) atoms. The number of thioether (sulfide) groups is 1. The number of nitrogens with zero attached hydrogens (tertiary/aromatic N) is 4. The van der Waals surface area contributed by atoms with Crippen LogP contribution in [0.1, 0.15) is 44.2 Å². The van der Waals surface area contributed by atoms with Crippen molar-refractivity contribution in [2.75, 3.05) is 29.9 Å². The molecule has 0 radical (unpaired) electrons. The van der Waals surface area contributed by atoms with Crippen molar-refractivity contribution in [3.05, 3.63) is 60.2 Å². The van der Waals surface area contributed by atoms with Crippen LogP contribution in [0.3, 0.4) is 0 Å². The van der Waals surface area contributed by atoms with Crippen LogP contribution in [0.4, 0.5) is 11.6 Å². The molecule has 2 heterocycles. The Morgan fingerprint density at radius 3 is 2.42 bits per heavy atom. The summed E-state index contributed by atoms with van der Waals surface area (Å²) in [7, 11) is -3.52. The average molecular weight is 529 g/mol. The number of rotatable bonds is 10. The number of piperidine rings is 1. The van der Waals surface area contributed by atoms with E-state index in [2.05, 4.69) is 27.6 Å². The van der Waals surface area contributed by atoms with Gasteiger partial charge in [-0.15, -0.1) is 10.2 Å². The molecule has 0 aliphatic carbocycles. The summed E-state index contributed by atoms with van der Waals surface area (Å²) in [5.41, 5.74) is 7.83. The Hall–Kier alpha value is -2.89. The zero-order valence-corrected chi connectivity index (χ0v) is 22.0. The van der Waals surface area contributed by atoms with Crippen LogP contribution < -0.4 is 11.1 Å². The summed E-state index contributed by atoms with van der Waals surface area (Å²) in [5.74, 6) is 0.690. The molecule has 1 fully saturated rings. The van der Waals surface area contributed by atoms with E-state index in [4.69, 9.17) is 5.73 Å². The zero-order chi connectivity index (χ0) is 25.5. The molecule has 2 aromatic carbocycles. The molecule has 9 nitrogen and oxygen atoms in total. The molecule has 0 bridgehead atoms. The molecule has 1 unspecified atom stereocenters. The van der Waals surface area contributed by atoms with E-state index in [1.54, 1.807) is 28.8 Å². The molecule has 0 spiro atoms. The first kappa shape index (κ1) is 26.2. The molecular formula is C25H32N6O3S2. The van der Waals surface area contributed by atoms with Gasteiger partial charge in [-0.05, 0) is 55.5 Å². The first-order valence-electron chi connectivity index (χ1n) is 12.2. The number of aromatic nitrogens is 3. The number of sulfonamides is 1. The number of carbonyl (C=O) groups is 1. The molecule has 1 amide bonds. The summed E-state index contributed by atoms with van der Waals surface area (Å²) < 4.78 is 29.0. The number of hydrogen-bond acceptors (Lipinski definition) is 7. The van der Waals surface area contributed by atoms with Gasteiger partial charge in [0.25, 0.3) is 0 Å². The summed E-state index contributed by atoms with van der Waals surface area (Å²) in [6, 6.07) is 15.9. The van der Waals surface area contributed by atoms with E-state index in [1.807, 2.05) is 25.1 Å². The van der Waals surface area contributed by atoms with Crippen LogP contribution in [-0.4, -0.2) is 52.2 Å². The maximum Gasteiger partial charge on any atom is 0.247 e. The van der Waals surface area contributed by atoms with Crippen LogP contribution in [0.2, 0.25) is 0 Å². The minimum absolute atomic E-state index is 0.183. The van der Waals surface area contributed by atoms with Crippen molar-refractivity contribution in [1.29, 1.82) is 0 Å². The number of aryl methyl sites for hydroxylation is 1. The van der Waals surface area contributed by atoms with Gasteiger partial charge in [0.15, 0.2) is 5.16 Å². The van der Waals surface area contributed by atoms with Gasteiger partial charge in [-0.25, -0.2) is 8.42 Å². The van der Waals surface area contributed by atoms with Gasteiger partial charge in [0, 0.05) is 24.5 Å². The molecular weight excluding hydrogens is 496 g/mol. The molecule has 3 aromatic rings. The van der Waals surface area contributed by atoms with E-state index in [0.717, 1.165) is 31.4 Å². The SMILES string of the molecule is CCC(C(=O)Nc1ccc(S(=O)(=O)N2CCCCC2)cc1)n1c(N)nnc1SCCc1ccccc1. The van der Waals surface area contributed by atoms with Gasteiger partial charge in [0.1, 0.15) is 6.04 Å². The quantitative estimate of drug-likeness (QED) is 0.382. The topological polar surface area (TPSA) is 123 Å². The van der Waals surface area contributed by atoms with Gasteiger partial charge in [0.2, 0.25) is 21.9 Å². The van der Waals surface area contributed by atoms with Crippen LogP contribution in [0, 0.1) is 0 Å². The molecule has 0 saturated carbocycles. The number of benzene rings is 2. The summed E-state index contributed by atoms with van der Waals surface area (Å²) in [6.45, 7) is 2.99. The minimum Gasteiger partial charge on any atom is -0.368 e. The van der Waals surface area contributed by atoms with Crippen molar-refractivity contribution in [1.82, 2.24) is 19.1 Å². The zero-order valence-electron chi connectivity index (χ0n) is 20.3. The van der Waals surface area contributed by atoms with E-state index < -0.39 is 16.1 Å². The summed E-state index contributed by atoms with van der Waals surface area (Å²) in [5, 5.41) is 11.7. The number of nitrogen functional groups attached to an aromatic ring is 1. The predicted molar refractivity (Wildman–Crippen MR) is 142 cm³/mol. The molecule has 1 aliphatic heterocycles. The molecule has 192 valence electrons. The van der Waals surface area contributed by atoms with Crippen LogP contribution in [0.15, 0.2) is 64.6 Å². The number of amides is 1. The third kappa shape index (κ3) is 6.08. The molecule has 1 aromatic heterocycles. The summed E-state index contributed by atoms with van der Waals surface area (Å²) in [4.78, 5) is 13.4. The Balaban J connectivity index is 1.42. The lowest BCUT2D eigenvalue weighted by molar-refractivity contribution is -0.119. The summed E-state index contributed by atoms with van der Waals surface area (Å²) in [6.07, 6.45) is 4.16. The van der Waals surface area contributed by atoms with Gasteiger partial charge in [-0.3, -0.25) is 9.36 Å². The van der Waals surface area contributed by atoms with Crippen molar-refractivity contribution < 1.29 is 13.2 Å². The number of carbonyl (C=O) groups excluding carboxylic acids is 1. The normalized spacial score (nSPS) is 15.5. The predicted octanol–water partition coefficient (Wildman–Crippen LogP) is 3.96. The maximum absolute atomic E-state index is 13.2. The fourth-order valence-electron chi connectivity index (χ4n) is 4.26. The lowest BCUT2D eigenvalue weighted by Gasteiger charge is -2.26. The largest absolute Gasteiger partial charge is 0.368 e. The Labute approximate surface area is 216 Å². The Kier molecular flexibility index (Phi) is 8.65. The molecule has 4 rings (SSSR count). The van der Waals surface area contributed by atoms with Gasteiger partial charge in [0.05, 0.1) is 4.90 Å². The van der Waals surface area contributed by atoms with Crippen molar-refractivity contribution in [3.63, 3.8) is 0 Å². The maximum atomic E-state index is 13.2. The average Bonchev–Trinajstić information content (AvgIpc) is 3.26. The number of nitrogens with two attached hydrogens (primary N) is 1. The van der Waals surface area contributed by atoms with E-state index >= 15 is 0 Å². The monoisotopic (exact) mass is 528 g/mol.